The smallest absolute Gasteiger partial charge is 0.274 e. The zero-order valence-corrected chi connectivity index (χ0v) is 11.6. The molecule has 1 aliphatic heterocycles. The van der Waals surface area contributed by atoms with Gasteiger partial charge in [-0.2, -0.15) is 5.10 Å². The Labute approximate surface area is 117 Å². The molecule has 5 heteroatoms. The Balaban J connectivity index is 1.91. The first-order valence-electron chi connectivity index (χ1n) is 6.66. The highest BCUT2D eigenvalue weighted by Crippen LogP contribution is 2.31. The average Bonchev–Trinajstić information content (AvgIpc) is 3.06. The number of benzene rings is 1. The Morgan fingerprint density at radius 2 is 2.15 bits per heavy atom. The van der Waals surface area contributed by atoms with Crippen molar-refractivity contribution in [2.75, 3.05) is 14.2 Å². The molecule has 0 fully saturated rings. The predicted molar refractivity (Wildman–Crippen MR) is 74.2 cm³/mol. The topological polar surface area (TPSA) is 47.4 Å². The van der Waals surface area contributed by atoms with Gasteiger partial charge < -0.3 is 0 Å². The van der Waals surface area contributed by atoms with Gasteiger partial charge in [-0.3, -0.25) is 14.3 Å². The molecule has 0 aliphatic carbocycles. The minimum Gasteiger partial charge on any atom is -0.274 e. The van der Waals surface area contributed by atoms with Crippen LogP contribution in [0.2, 0.25) is 0 Å². The summed E-state index contributed by atoms with van der Waals surface area (Å²) in [4.78, 5) is 17.0. The molecule has 0 N–H and O–H groups in total. The Bertz CT molecular complexity index is 621. The summed E-state index contributed by atoms with van der Waals surface area (Å²) < 4.78 is 1.96. The number of hydrogen-bond acceptors (Lipinski definition) is 3. The summed E-state index contributed by atoms with van der Waals surface area (Å²) in [6, 6.07) is 12.4. The van der Waals surface area contributed by atoms with Crippen LogP contribution in [0.4, 0.5) is 0 Å². The van der Waals surface area contributed by atoms with E-state index in [-0.39, 0.29) is 11.9 Å². The molecule has 0 bridgehead atoms. The standard InChI is InChI=1S/C15H17N3O2/c1-17(20-2)15(19)13-10-12-8-9-14(18(12)16-13)11-6-4-3-5-7-11/h3-7,10,14H,8-9H2,1-2H3. The molecular weight excluding hydrogens is 254 g/mol. The zero-order chi connectivity index (χ0) is 14.1. The summed E-state index contributed by atoms with van der Waals surface area (Å²) in [7, 11) is 3.05. The Kier molecular flexibility index (Phi) is 3.28. The van der Waals surface area contributed by atoms with Crippen molar-refractivity contribution >= 4 is 5.91 Å². The van der Waals surface area contributed by atoms with Crippen LogP contribution in [-0.4, -0.2) is 34.9 Å². The normalized spacial score (nSPS) is 17.0. The second-order valence-electron chi connectivity index (χ2n) is 4.92. The third-order valence-corrected chi connectivity index (χ3v) is 3.75. The van der Waals surface area contributed by atoms with Gasteiger partial charge in [0.15, 0.2) is 5.69 Å². The number of aromatic nitrogens is 2. The number of carbonyl (C=O) groups excluding carboxylic acids is 1. The summed E-state index contributed by atoms with van der Waals surface area (Å²) >= 11 is 0. The van der Waals surface area contributed by atoms with E-state index in [1.807, 2.05) is 28.9 Å². The quantitative estimate of drug-likeness (QED) is 0.803. The lowest BCUT2D eigenvalue weighted by atomic mass is 10.1. The van der Waals surface area contributed by atoms with E-state index in [0.29, 0.717) is 5.69 Å². The maximum absolute atomic E-state index is 12.0. The SMILES string of the molecule is CON(C)C(=O)c1cc2n(n1)C(c1ccccc1)CC2. The van der Waals surface area contributed by atoms with Crippen LogP contribution in [0.1, 0.15) is 34.2 Å². The first-order chi connectivity index (χ1) is 9.70. The molecule has 1 aromatic carbocycles. The third kappa shape index (κ3) is 2.10. The van der Waals surface area contributed by atoms with E-state index in [9.17, 15) is 4.79 Å². The minimum atomic E-state index is -0.221. The maximum atomic E-state index is 12.0. The van der Waals surface area contributed by atoms with E-state index >= 15 is 0 Å². The van der Waals surface area contributed by atoms with Gasteiger partial charge in [0.2, 0.25) is 0 Å². The summed E-state index contributed by atoms with van der Waals surface area (Å²) in [6.07, 6.45) is 1.97. The Morgan fingerprint density at radius 1 is 1.40 bits per heavy atom. The van der Waals surface area contributed by atoms with Crippen LogP contribution in [-0.2, 0) is 11.3 Å². The van der Waals surface area contributed by atoms with Crippen LogP contribution in [0, 0.1) is 0 Å². The van der Waals surface area contributed by atoms with E-state index in [1.165, 1.54) is 17.7 Å². The number of rotatable bonds is 3. The van der Waals surface area contributed by atoms with E-state index in [4.69, 9.17) is 4.84 Å². The number of fused-ring (bicyclic) bond motifs is 1. The molecule has 1 atom stereocenters. The highest BCUT2D eigenvalue weighted by Gasteiger charge is 2.27. The summed E-state index contributed by atoms with van der Waals surface area (Å²) in [6.45, 7) is 0. The van der Waals surface area contributed by atoms with Crippen LogP contribution in [0.3, 0.4) is 0 Å². The second-order valence-corrected chi connectivity index (χ2v) is 4.92. The number of hydrogen-bond donors (Lipinski definition) is 0. The van der Waals surface area contributed by atoms with Gasteiger partial charge >= 0.3 is 0 Å². The van der Waals surface area contributed by atoms with Crippen molar-refractivity contribution in [2.24, 2.45) is 0 Å². The van der Waals surface area contributed by atoms with Crippen molar-refractivity contribution in [1.82, 2.24) is 14.8 Å². The van der Waals surface area contributed by atoms with Crippen LogP contribution < -0.4 is 0 Å². The second kappa shape index (κ2) is 5.09. The molecule has 1 aromatic heterocycles. The lowest BCUT2D eigenvalue weighted by Gasteiger charge is -2.13. The summed E-state index contributed by atoms with van der Waals surface area (Å²) in [5, 5.41) is 5.65. The fourth-order valence-electron chi connectivity index (χ4n) is 2.63. The van der Waals surface area contributed by atoms with Gasteiger partial charge in [-0.05, 0) is 24.5 Å². The van der Waals surface area contributed by atoms with E-state index < -0.39 is 0 Å². The van der Waals surface area contributed by atoms with Gasteiger partial charge in [-0.15, -0.1) is 0 Å². The molecule has 5 nitrogen and oxygen atoms in total. The number of aryl methyl sites for hydroxylation is 1. The minimum absolute atomic E-state index is 0.221. The van der Waals surface area contributed by atoms with Crippen molar-refractivity contribution in [2.45, 2.75) is 18.9 Å². The highest BCUT2D eigenvalue weighted by molar-refractivity contribution is 5.91. The van der Waals surface area contributed by atoms with Gasteiger partial charge in [-0.1, -0.05) is 30.3 Å². The predicted octanol–water partition coefficient (Wildman–Crippen LogP) is 2.05. The van der Waals surface area contributed by atoms with Gasteiger partial charge in [-0.25, -0.2) is 5.06 Å². The molecule has 3 rings (SSSR count). The zero-order valence-electron chi connectivity index (χ0n) is 11.6. The molecule has 1 amide bonds. The number of amides is 1. The maximum Gasteiger partial charge on any atom is 0.297 e. The highest BCUT2D eigenvalue weighted by atomic mass is 16.7. The number of carbonyl (C=O) groups is 1. The fraction of sp³-hybridized carbons (Fsp3) is 0.333. The largest absolute Gasteiger partial charge is 0.297 e. The summed E-state index contributed by atoms with van der Waals surface area (Å²) in [5.41, 5.74) is 2.77. The molecule has 2 heterocycles. The van der Waals surface area contributed by atoms with E-state index in [1.54, 1.807) is 7.05 Å². The summed E-state index contributed by atoms with van der Waals surface area (Å²) in [5.74, 6) is -0.221. The Morgan fingerprint density at radius 3 is 2.85 bits per heavy atom. The van der Waals surface area contributed by atoms with Crippen molar-refractivity contribution in [3.63, 3.8) is 0 Å². The van der Waals surface area contributed by atoms with E-state index in [0.717, 1.165) is 18.5 Å². The number of hydroxylamine groups is 2. The monoisotopic (exact) mass is 271 g/mol. The van der Waals surface area contributed by atoms with E-state index in [2.05, 4.69) is 17.2 Å². The molecule has 0 saturated heterocycles. The molecule has 0 spiro atoms. The molecule has 0 saturated carbocycles. The van der Waals surface area contributed by atoms with Crippen LogP contribution in [0.5, 0.6) is 0 Å². The third-order valence-electron chi connectivity index (χ3n) is 3.75. The van der Waals surface area contributed by atoms with Crippen molar-refractivity contribution in [3.05, 3.63) is 53.3 Å². The first-order valence-corrected chi connectivity index (χ1v) is 6.66. The fourth-order valence-corrected chi connectivity index (χ4v) is 2.63. The van der Waals surface area contributed by atoms with Crippen molar-refractivity contribution < 1.29 is 9.63 Å². The average molecular weight is 271 g/mol. The van der Waals surface area contributed by atoms with Gasteiger partial charge in [0.25, 0.3) is 5.91 Å². The van der Waals surface area contributed by atoms with Crippen LogP contribution in [0.15, 0.2) is 36.4 Å². The molecule has 1 aliphatic rings. The Hall–Kier alpha value is -2.14. The molecule has 2 aromatic rings. The molecular formula is C15H17N3O2. The van der Waals surface area contributed by atoms with Crippen molar-refractivity contribution in [1.29, 1.82) is 0 Å². The molecule has 1 unspecified atom stereocenters. The molecule has 0 radical (unpaired) electrons. The lowest BCUT2D eigenvalue weighted by Crippen LogP contribution is -2.26. The molecule has 20 heavy (non-hydrogen) atoms. The van der Waals surface area contributed by atoms with Crippen LogP contribution in [0.25, 0.3) is 0 Å². The van der Waals surface area contributed by atoms with Gasteiger partial charge in [0, 0.05) is 12.7 Å². The van der Waals surface area contributed by atoms with Crippen LogP contribution >= 0.6 is 0 Å². The van der Waals surface area contributed by atoms with Gasteiger partial charge in [0.05, 0.1) is 13.2 Å². The first kappa shape index (κ1) is 12.9. The number of nitrogens with zero attached hydrogens (tertiary/aromatic N) is 3. The lowest BCUT2D eigenvalue weighted by molar-refractivity contribution is -0.0761. The van der Waals surface area contributed by atoms with Gasteiger partial charge in [0.1, 0.15) is 0 Å². The van der Waals surface area contributed by atoms with Crippen molar-refractivity contribution in [3.8, 4) is 0 Å². The molecule has 104 valence electrons.